The number of carbonyl (C=O) groups excluding carboxylic acids is 1. The Morgan fingerprint density at radius 1 is 1.50 bits per heavy atom. The van der Waals surface area contributed by atoms with Crippen LogP contribution in [0.1, 0.15) is 36.4 Å². The highest BCUT2D eigenvalue weighted by Gasteiger charge is 2.50. The summed E-state index contributed by atoms with van der Waals surface area (Å²) in [6.07, 6.45) is 2.44. The van der Waals surface area contributed by atoms with Crippen molar-refractivity contribution in [1.82, 2.24) is 0 Å². The molecule has 18 heavy (non-hydrogen) atoms. The van der Waals surface area contributed by atoms with Crippen LogP contribution in [0.3, 0.4) is 0 Å². The van der Waals surface area contributed by atoms with Crippen molar-refractivity contribution < 1.29 is 13.9 Å². The molecule has 1 aliphatic carbocycles. The highest BCUT2D eigenvalue weighted by molar-refractivity contribution is 5.79. The van der Waals surface area contributed by atoms with E-state index < -0.39 is 11.5 Å². The number of halogens is 1. The lowest BCUT2D eigenvalue weighted by atomic mass is 9.62. The summed E-state index contributed by atoms with van der Waals surface area (Å²) in [5.41, 5.74) is 6.92. The third-order valence-corrected chi connectivity index (χ3v) is 3.97. The van der Waals surface area contributed by atoms with Crippen LogP contribution in [-0.4, -0.2) is 13.1 Å². The van der Waals surface area contributed by atoms with Crippen LogP contribution in [0.15, 0.2) is 18.2 Å². The topological polar surface area (TPSA) is 52.3 Å². The molecule has 0 aliphatic heterocycles. The smallest absolute Gasteiger partial charge is 0.313 e. The number of rotatable bonds is 3. The Kier molecular flexibility index (Phi) is 3.39. The molecule has 0 heterocycles. The average Bonchev–Trinajstić information content (AvgIpc) is 2.30. The lowest BCUT2D eigenvalue weighted by Gasteiger charge is -2.43. The fraction of sp³-hybridized carbons (Fsp3) is 0.500. The van der Waals surface area contributed by atoms with E-state index in [1.807, 2.05) is 0 Å². The molecule has 4 heteroatoms. The van der Waals surface area contributed by atoms with Gasteiger partial charge in [0.05, 0.1) is 12.5 Å². The van der Waals surface area contributed by atoms with Gasteiger partial charge in [0.1, 0.15) is 5.82 Å². The summed E-state index contributed by atoms with van der Waals surface area (Å²) < 4.78 is 18.1. The van der Waals surface area contributed by atoms with Crippen LogP contribution >= 0.6 is 0 Å². The number of ether oxygens (including phenoxy) is 1. The maximum Gasteiger partial charge on any atom is 0.313 e. The summed E-state index contributed by atoms with van der Waals surface area (Å²) in [4.78, 5) is 11.9. The predicted molar refractivity (Wildman–Crippen MR) is 66.4 cm³/mol. The highest BCUT2D eigenvalue weighted by Crippen LogP contribution is 2.50. The Labute approximate surface area is 106 Å². The second-order valence-corrected chi connectivity index (χ2v) is 4.99. The number of hydrogen-bond acceptors (Lipinski definition) is 3. The third-order valence-electron chi connectivity index (χ3n) is 3.97. The van der Waals surface area contributed by atoms with Gasteiger partial charge < -0.3 is 10.5 Å². The Morgan fingerprint density at radius 3 is 2.61 bits per heavy atom. The standard InChI is InChI=1S/C14H18FNO2/c1-9-8-10(4-5-11(9)15)12(16)14(6-3-7-14)13(17)18-2/h4-5,8,12H,3,6-7,16H2,1-2H3. The first-order valence-electron chi connectivity index (χ1n) is 6.11. The number of methoxy groups -OCH3 is 1. The molecular formula is C14H18FNO2. The lowest BCUT2D eigenvalue weighted by Crippen LogP contribution is -2.47. The number of aryl methyl sites for hydroxylation is 1. The fourth-order valence-corrected chi connectivity index (χ4v) is 2.58. The summed E-state index contributed by atoms with van der Waals surface area (Å²) in [5.74, 6) is -0.519. The minimum atomic E-state index is -0.626. The van der Waals surface area contributed by atoms with E-state index in [0.29, 0.717) is 5.56 Å². The summed E-state index contributed by atoms with van der Waals surface area (Å²) in [6.45, 7) is 1.69. The molecule has 98 valence electrons. The van der Waals surface area contributed by atoms with E-state index in [0.717, 1.165) is 24.8 Å². The van der Waals surface area contributed by atoms with E-state index in [1.54, 1.807) is 19.1 Å². The zero-order valence-corrected chi connectivity index (χ0v) is 10.7. The first-order valence-corrected chi connectivity index (χ1v) is 6.11. The SMILES string of the molecule is COC(=O)C1(C(N)c2ccc(F)c(C)c2)CCC1. The molecule has 1 aliphatic rings. The predicted octanol–water partition coefficient (Wildman–Crippen LogP) is 2.48. The molecule has 3 nitrogen and oxygen atoms in total. The Morgan fingerprint density at radius 2 is 2.17 bits per heavy atom. The molecule has 1 saturated carbocycles. The molecule has 0 aromatic heterocycles. The van der Waals surface area contributed by atoms with Crippen LogP contribution in [0.5, 0.6) is 0 Å². The van der Waals surface area contributed by atoms with Crippen molar-refractivity contribution in [3.05, 3.63) is 35.1 Å². The normalized spacial score (nSPS) is 18.9. The summed E-state index contributed by atoms with van der Waals surface area (Å²) >= 11 is 0. The average molecular weight is 251 g/mol. The quantitative estimate of drug-likeness (QED) is 0.840. The van der Waals surface area contributed by atoms with Gasteiger partial charge in [-0.05, 0) is 37.0 Å². The van der Waals surface area contributed by atoms with Crippen LogP contribution in [-0.2, 0) is 9.53 Å². The van der Waals surface area contributed by atoms with Crippen molar-refractivity contribution in [3.8, 4) is 0 Å². The van der Waals surface area contributed by atoms with E-state index in [4.69, 9.17) is 10.5 Å². The molecule has 0 radical (unpaired) electrons. The van der Waals surface area contributed by atoms with Crippen molar-refractivity contribution in [2.75, 3.05) is 7.11 Å². The molecule has 1 aromatic carbocycles. The molecule has 2 rings (SSSR count). The Bertz CT molecular complexity index is 469. The van der Waals surface area contributed by atoms with Gasteiger partial charge in [0.25, 0.3) is 0 Å². The van der Waals surface area contributed by atoms with Crippen molar-refractivity contribution in [3.63, 3.8) is 0 Å². The number of esters is 1. The van der Waals surface area contributed by atoms with Gasteiger partial charge in [-0.2, -0.15) is 0 Å². The first kappa shape index (κ1) is 13.0. The molecular weight excluding hydrogens is 233 g/mol. The van der Waals surface area contributed by atoms with Gasteiger partial charge in [-0.1, -0.05) is 18.6 Å². The summed E-state index contributed by atoms with van der Waals surface area (Å²) in [6, 6.07) is 4.32. The minimum absolute atomic E-state index is 0.258. The maximum atomic E-state index is 13.2. The van der Waals surface area contributed by atoms with Crippen LogP contribution in [0.25, 0.3) is 0 Å². The number of hydrogen-bond donors (Lipinski definition) is 1. The Balaban J connectivity index is 2.31. The maximum absolute atomic E-state index is 13.2. The van der Waals surface area contributed by atoms with Crippen molar-refractivity contribution in [2.24, 2.45) is 11.1 Å². The zero-order valence-electron chi connectivity index (χ0n) is 10.7. The monoisotopic (exact) mass is 251 g/mol. The first-order chi connectivity index (χ1) is 8.51. The molecule has 1 unspecified atom stereocenters. The van der Waals surface area contributed by atoms with Crippen LogP contribution in [0, 0.1) is 18.2 Å². The molecule has 0 amide bonds. The van der Waals surface area contributed by atoms with Gasteiger partial charge >= 0.3 is 5.97 Å². The second kappa shape index (κ2) is 4.69. The van der Waals surface area contributed by atoms with Gasteiger partial charge in [0.15, 0.2) is 0 Å². The lowest BCUT2D eigenvalue weighted by molar-refractivity contribution is -0.160. The van der Waals surface area contributed by atoms with E-state index >= 15 is 0 Å². The van der Waals surface area contributed by atoms with Crippen LogP contribution in [0.2, 0.25) is 0 Å². The fourth-order valence-electron chi connectivity index (χ4n) is 2.58. The van der Waals surface area contributed by atoms with Crippen molar-refractivity contribution in [1.29, 1.82) is 0 Å². The van der Waals surface area contributed by atoms with E-state index in [2.05, 4.69) is 0 Å². The largest absolute Gasteiger partial charge is 0.469 e. The molecule has 2 N–H and O–H groups in total. The number of nitrogens with two attached hydrogens (primary N) is 1. The van der Waals surface area contributed by atoms with Gasteiger partial charge in [-0.15, -0.1) is 0 Å². The minimum Gasteiger partial charge on any atom is -0.469 e. The molecule has 1 aromatic rings. The second-order valence-electron chi connectivity index (χ2n) is 4.99. The molecule has 0 spiro atoms. The van der Waals surface area contributed by atoms with Crippen molar-refractivity contribution >= 4 is 5.97 Å². The van der Waals surface area contributed by atoms with Gasteiger partial charge in [0, 0.05) is 6.04 Å². The molecule has 0 saturated heterocycles. The van der Waals surface area contributed by atoms with Gasteiger partial charge in [-0.3, -0.25) is 4.79 Å². The number of carbonyl (C=O) groups is 1. The van der Waals surface area contributed by atoms with Crippen molar-refractivity contribution in [2.45, 2.75) is 32.2 Å². The van der Waals surface area contributed by atoms with E-state index in [9.17, 15) is 9.18 Å². The van der Waals surface area contributed by atoms with Gasteiger partial charge in [0.2, 0.25) is 0 Å². The third kappa shape index (κ3) is 1.90. The highest BCUT2D eigenvalue weighted by atomic mass is 19.1. The van der Waals surface area contributed by atoms with Crippen LogP contribution in [0.4, 0.5) is 4.39 Å². The number of benzene rings is 1. The molecule has 1 atom stereocenters. The van der Waals surface area contributed by atoms with E-state index in [1.165, 1.54) is 13.2 Å². The van der Waals surface area contributed by atoms with Gasteiger partial charge in [-0.25, -0.2) is 4.39 Å². The van der Waals surface area contributed by atoms with Crippen LogP contribution < -0.4 is 5.73 Å². The summed E-state index contributed by atoms with van der Waals surface area (Å²) in [5, 5.41) is 0. The zero-order chi connectivity index (χ0) is 13.3. The Hall–Kier alpha value is -1.42. The summed E-state index contributed by atoms with van der Waals surface area (Å²) in [7, 11) is 1.38. The molecule has 1 fully saturated rings. The van der Waals surface area contributed by atoms with E-state index in [-0.39, 0.29) is 11.8 Å². The molecule has 0 bridgehead atoms.